The smallest absolute Gasteiger partial charge is 0.177 e. The van der Waals surface area contributed by atoms with Gasteiger partial charge in [-0.1, -0.05) is 68.7 Å². The van der Waals surface area contributed by atoms with E-state index in [1.165, 1.54) is 23.6 Å². The van der Waals surface area contributed by atoms with Gasteiger partial charge < -0.3 is 0 Å². The largest absolute Gasteiger partial charge is 0.234 e. The van der Waals surface area contributed by atoms with Crippen LogP contribution >= 0.6 is 0 Å². The highest BCUT2D eigenvalue weighted by Crippen LogP contribution is 2.39. The zero-order valence-electron chi connectivity index (χ0n) is 17.2. The fourth-order valence-corrected chi connectivity index (χ4v) is 5.07. The lowest BCUT2D eigenvalue weighted by atomic mass is 9.77. The van der Waals surface area contributed by atoms with Crippen LogP contribution in [0.2, 0.25) is 0 Å². The molecule has 0 aromatic heterocycles. The molecule has 1 aromatic rings. The standard InChI is InChI=1S/C26H32F2/c1-17-3-7-19(8-4-17)20-11-13-22(14-12-20)24-16-15-23(25(27)26(24)28)21-9-5-18(2)6-10-21/h11-18,21,26H,3-10H2,1-2H3. The van der Waals surface area contributed by atoms with E-state index in [-0.39, 0.29) is 5.92 Å². The van der Waals surface area contributed by atoms with Crippen molar-refractivity contribution in [2.75, 3.05) is 0 Å². The summed E-state index contributed by atoms with van der Waals surface area (Å²) in [7, 11) is 0. The van der Waals surface area contributed by atoms with Crippen LogP contribution in [0.15, 0.2) is 47.8 Å². The Balaban J connectivity index is 1.59. The first kappa shape index (κ1) is 19.6. The number of hydrogen-bond acceptors (Lipinski definition) is 0. The fraction of sp³-hybridized carbons (Fsp3) is 0.538. The molecular formula is C26H32F2. The molecule has 3 aliphatic carbocycles. The van der Waals surface area contributed by atoms with E-state index in [9.17, 15) is 8.78 Å². The number of rotatable bonds is 1. The van der Waals surface area contributed by atoms with Gasteiger partial charge in [0.25, 0.3) is 0 Å². The van der Waals surface area contributed by atoms with Crippen LogP contribution in [0.4, 0.5) is 8.78 Å². The molecule has 150 valence electrons. The summed E-state index contributed by atoms with van der Waals surface area (Å²) in [6.07, 6.45) is 11.0. The van der Waals surface area contributed by atoms with Gasteiger partial charge in [-0.3, -0.25) is 0 Å². The molecule has 4 rings (SSSR count). The quantitative estimate of drug-likeness (QED) is 0.546. The lowest BCUT2D eigenvalue weighted by Crippen LogP contribution is -2.22. The molecule has 0 saturated heterocycles. The second-order valence-electron chi connectivity index (χ2n) is 9.27. The van der Waals surface area contributed by atoms with Crippen molar-refractivity contribution in [1.29, 1.82) is 0 Å². The summed E-state index contributed by atoms with van der Waals surface area (Å²) in [6, 6.07) is 8.11. The van der Waals surface area contributed by atoms with Crippen molar-refractivity contribution in [3.63, 3.8) is 0 Å². The van der Waals surface area contributed by atoms with Crippen molar-refractivity contribution >= 4 is 11.1 Å². The number of benzene rings is 1. The molecule has 0 N–H and O–H groups in total. The second kappa shape index (κ2) is 8.35. The maximum atomic E-state index is 15.0. The number of allylic oxidation sites excluding steroid dienone is 4. The summed E-state index contributed by atoms with van der Waals surface area (Å²) < 4.78 is 29.9. The van der Waals surface area contributed by atoms with E-state index in [0.29, 0.717) is 17.1 Å². The second-order valence-corrected chi connectivity index (χ2v) is 9.27. The average molecular weight is 383 g/mol. The summed E-state index contributed by atoms with van der Waals surface area (Å²) >= 11 is 0. The summed E-state index contributed by atoms with van der Waals surface area (Å²) in [5.74, 6) is 1.14. The lowest BCUT2D eigenvalue weighted by Gasteiger charge is -2.29. The molecule has 2 heteroatoms. The van der Waals surface area contributed by atoms with Gasteiger partial charge in [0.2, 0.25) is 0 Å². The molecule has 3 aliphatic rings. The van der Waals surface area contributed by atoms with Crippen LogP contribution < -0.4 is 10.4 Å². The molecule has 1 aromatic carbocycles. The zero-order chi connectivity index (χ0) is 19.7. The van der Waals surface area contributed by atoms with Gasteiger partial charge in [-0.25, -0.2) is 8.78 Å². The first-order chi connectivity index (χ1) is 13.5. The Kier molecular flexibility index (Phi) is 5.85. The normalized spacial score (nSPS) is 31.4. The molecule has 0 aliphatic heterocycles. The molecule has 0 bridgehead atoms. The Morgan fingerprint density at radius 1 is 0.714 bits per heavy atom. The Bertz CT molecular complexity index is 863. The Labute approximate surface area is 167 Å². The van der Waals surface area contributed by atoms with Crippen LogP contribution in [0.3, 0.4) is 0 Å². The summed E-state index contributed by atoms with van der Waals surface area (Å²) in [4.78, 5) is 0. The van der Waals surface area contributed by atoms with Crippen LogP contribution in [-0.2, 0) is 0 Å². The third-order valence-corrected chi connectivity index (χ3v) is 7.17. The average Bonchev–Trinajstić information content (AvgIpc) is 2.72. The molecule has 1 unspecified atom stereocenters. The number of halogens is 2. The maximum Gasteiger partial charge on any atom is 0.177 e. The lowest BCUT2D eigenvalue weighted by molar-refractivity contribution is 0.309. The van der Waals surface area contributed by atoms with Crippen molar-refractivity contribution in [1.82, 2.24) is 0 Å². The van der Waals surface area contributed by atoms with Crippen LogP contribution in [0.1, 0.15) is 65.2 Å². The van der Waals surface area contributed by atoms with Crippen LogP contribution in [0.5, 0.6) is 0 Å². The minimum absolute atomic E-state index is 0.180. The topological polar surface area (TPSA) is 0 Å². The van der Waals surface area contributed by atoms with E-state index in [1.807, 2.05) is 24.3 Å². The third-order valence-electron chi connectivity index (χ3n) is 7.17. The molecule has 0 radical (unpaired) electrons. The highest BCUT2D eigenvalue weighted by atomic mass is 19.2. The highest BCUT2D eigenvalue weighted by molar-refractivity contribution is 5.68. The molecule has 28 heavy (non-hydrogen) atoms. The minimum atomic E-state index is -1.63. The van der Waals surface area contributed by atoms with Gasteiger partial charge in [-0.15, -0.1) is 0 Å². The Hall–Kier alpha value is -1.70. The minimum Gasteiger partial charge on any atom is -0.234 e. The summed E-state index contributed by atoms with van der Waals surface area (Å²) in [5.41, 5.74) is 2.57. The van der Waals surface area contributed by atoms with Crippen molar-refractivity contribution in [3.05, 3.63) is 58.3 Å². The van der Waals surface area contributed by atoms with Crippen molar-refractivity contribution in [2.24, 2.45) is 17.8 Å². The van der Waals surface area contributed by atoms with Gasteiger partial charge >= 0.3 is 0 Å². The highest BCUT2D eigenvalue weighted by Gasteiger charge is 2.30. The SMILES string of the molecule is CC1CCC(=c2ccc(=C3C=CC(C4CCC(C)CC4)=C(F)C3F)cc2)CC1. The first-order valence-corrected chi connectivity index (χ1v) is 11.1. The molecule has 0 spiro atoms. The Morgan fingerprint density at radius 2 is 1.25 bits per heavy atom. The molecule has 2 fully saturated rings. The maximum absolute atomic E-state index is 15.0. The van der Waals surface area contributed by atoms with E-state index in [4.69, 9.17) is 0 Å². The monoisotopic (exact) mass is 382 g/mol. The third kappa shape index (κ3) is 4.02. The first-order valence-electron chi connectivity index (χ1n) is 11.1. The molecule has 2 saturated carbocycles. The van der Waals surface area contributed by atoms with Gasteiger partial charge in [0.05, 0.1) is 0 Å². The van der Waals surface area contributed by atoms with E-state index in [0.717, 1.165) is 49.7 Å². The predicted molar refractivity (Wildman–Crippen MR) is 113 cm³/mol. The van der Waals surface area contributed by atoms with E-state index in [2.05, 4.69) is 26.0 Å². The van der Waals surface area contributed by atoms with Gasteiger partial charge in [0.1, 0.15) is 5.83 Å². The predicted octanol–water partition coefficient (Wildman–Crippen LogP) is 6.16. The van der Waals surface area contributed by atoms with Crippen LogP contribution in [0, 0.1) is 17.8 Å². The van der Waals surface area contributed by atoms with Gasteiger partial charge in [0, 0.05) is 5.57 Å². The number of hydrogen-bond donors (Lipinski definition) is 0. The van der Waals surface area contributed by atoms with Crippen molar-refractivity contribution in [2.45, 2.75) is 71.4 Å². The molecule has 0 heterocycles. The Morgan fingerprint density at radius 3 is 1.89 bits per heavy atom. The summed E-state index contributed by atoms with van der Waals surface area (Å²) in [5, 5.41) is 2.06. The van der Waals surface area contributed by atoms with Crippen LogP contribution in [-0.4, -0.2) is 6.17 Å². The fourth-order valence-electron chi connectivity index (χ4n) is 5.07. The van der Waals surface area contributed by atoms with Gasteiger partial charge in [-0.2, -0.15) is 0 Å². The summed E-state index contributed by atoms with van der Waals surface area (Å²) in [6.45, 7) is 4.56. The molecule has 0 nitrogen and oxygen atoms in total. The van der Waals surface area contributed by atoms with Crippen molar-refractivity contribution < 1.29 is 8.78 Å². The van der Waals surface area contributed by atoms with E-state index < -0.39 is 12.0 Å². The zero-order valence-corrected chi connectivity index (χ0v) is 17.2. The van der Waals surface area contributed by atoms with E-state index >= 15 is 0 Å². The molecular weight excluding hydrogens is 350 g/mol. The molecule has 1 atom stereocenters. The number of alkyl halides is 1. The van der Waals surface area contributed by atoms with Gasteiger partial charge in [-0.05, 0) is 72.3 Å². The van der Waals surface area contributed by atoms with Crippen LogP contribution in [0.25, 0.3) is 11.1 Å². The molecule has 0 amide bonds. The van der Waals surface area contributed by atoms with Crippen molar-refractivity contribution in [3.8, 4) is 0 Å². The van der Waals surface area contributed by atoms with E-state index in [1.54, 1.807) is 0 Å². The van der Waals surface area contributed by atoms with Gasteiger partial charge in [0.15, 0.2) is 6.17 Å².